The number of hydrogen-bond acceptors (Lipinski definition) is 10. The van der Waals surface area contributed by atoms with E-state index in [9.17, 15) is 14.4 Å². The molecule has 3 atom stereocenters. The fourth-order valence-corrected chi connectivity index (χ4v) is 3.73. The van der Waals surface area contributed by atoms with Crippen LogP contribution in [0.2, 0.25) is 0 Å². The Morgan fingerprint density at radius 2 is 1.91 bits per heavy atom. The number of imide groups is 1. The zero-order valence-electron chi connectivity index (χ0n) is 20.5. The topological polar surface area (TPSA) is 136 Å². The Morgan fingerprint density at radius 1 is 1.23 bits per heavy atom. The average molecular weight is 512 g/mol. The van der Waals surface area contributed by atoms with Gasteiger partial charge in [0.1, 0.15) is 23.8 Å². The van der Waals surface area contributed by atoms with Crippen LogP contribution in [-0.2, 0) is 28.4 Å². The molecule has 0 aliphatic carbocycles. The van der Waals surface area contributed by atoms with Gasteiger partial charge in [0.05, 0.1) is 6.10 Å². The molecule has 1 aliphatic heterocycles. The monoisotopic (exact) mass is 511 g/mol. The second-order valence-corrected chi connectivity index (χ2v) is 8.57. The van der Waals surface area contributed by atoms with Crippen molar-refractivity contribution < 1.29 is 38.0 Å². The minimum Gasteiger partial charge on any atom is -0.472 e. The second kappa shape index (κ2) is 16.5. The van der Waals surface area contributed by atoms with Crippen molar-refractivity contribution in [1.29, 1.82) is 0 Å². The zero-order valence-corrected chi connectivity index (χ0v) is 21.4. The number of nitrogens with zero attached hydrogens (tertiary/aromatic N) is 1. The third kappa shape index (κ3) is 11.7. The lowest BCUT2D eigenvalue weighted by atomic mass is 10.3. The van der Waals surface area contributed by atoms with E-state index in [2.05, 4.69) is 5.09 Å². The first-order valence-corrected chi connectivity index (χ1v) is 12.1. The number of carbonyl (C=O) groups is 3. The predicted molar refractivity (Wildman–Crippen MR) is 130 cm³/mol. The molecule has 1 fully saturated rings. The molecule has 12 heteroatoms. The van der Waals surface area contributed by atoms with Crippen LogP contribution in [0.4, 0.5) is 0 Å². The first kappa shape index (κ1) is 29.9. The molecule has 2 rings (SSSR count). The molecule has 11 nitrogen and oxygen atoms in total. The third-order valence-corrected chi connectivity index (χ3v) is 5.53. The van der Waals surface area contributed by atoms with Crippen LogP contribution in [-0.4, -0.2) is 60.8 Å². The van der Waals surface area contributed by atoms with E-state index >= 15 is 0 Å². The lowest BCUT2D eigenvalue weighted by Crippen LogP contribution is -2.34. The number of aliphatic hydroxyl groups is 1. The summed E-state index contributed by atoms with van der Waals surface area (Å²) < 4.78 is 22.8. The number of hydrogen-bond donors (Lipinski definition) is 3. The van der Waals surface area contributed by atoms with Crippen molar-refractivity contribution >= 4 is 26.8 Å². The van der Waals surface area contributed by atoms with Crippen LogP contribution in [0.1, 0.15) is 33.6 Å². The summed E-state index contributed by atoms with van der Waals surface area (Å²) in [6.45, 7) is 5.24. The molecule has 0 spiro atoms. The van der Waals surface area contributed by atoms with Crippen molar-refractivity contribution in [3.8, 4) is 5.75 Å². The number of ether oxygens (including phenoxy) is 2. The van der Waals surface area contributed by atoms with Gasteiger partial charge in [0.2, 0.25) is 6.41 Å². The van der Waals surface area contributed by atoms with Crippen molar-refractivity contribution in [2.45, 2.75) is 52.0 Å². The molecule has 0 radical (unpaired) electrons. The minimum atomic E-state index is -1.72. The largest absolute Gasteiger partial charge is 0.472 e. The summed E-state index contributed by atoms with van der Waals surface area (Å²) in [5, 5.41) is 12.1. The lowest BCUT2D eigenvalue weighted by molar-refractivity contribution is -0.149. The summed E-state index contributed by atoms with van der Waals surface area (Å²) in [5.74, 6) is 0.257. The number of carbonyl (C=O) groups excluding carboxylic acids is 3. The molecule has 1 saturated heterocycles. The predicted octanol–water partition coefficient (Wildman–Crippen LogP) is 2.54. The van der Waals surface area contributed by atoms with Gasteiger partial charge in [0.15, 0.2) is 6.23 Å². The Morgan fingerprint density at radius 3 is 2.54 bits per heavy atom. The normalized spacial score (nSPS) is 17.6. The van der Waals surface area contributed by atoms with Gasteiger partial charge in [-0.1, -0.05) is 18.2 Å². The number of para-hydroxylation sites is 1. The molecular weight excluding hydrogens is 477 g/mol. The summed E-state index contributed by atoms with van der Waals surface area (Å²) in [6, 6.07) is 8.46. The minimum absolute atomic E-state index is 0.231. The van der Waals surface area contributed by atoms with E-state index in [1.807, 2.05) is 23.5 Å². The van der Waals surface area contributed by atoms with Crippen LogP contribution in [0.3, 0.4) is 0 Å². The molecule has 1 aromatic carbocycles. The molecule has 2 amide bonds. The molecule has 0 bridgehead atoms. The van der Waals surface area contributed by atoms with Crippen molar-refractivity contribution in [3.63, 3.8) is 0 Å². The van der Waals surface area contributed by atoms with E-state index in [1.54, 1.807) is 44.9 Å². The number of rotatable bonds is 12. The van der Waals surface area contributed by atoms with Gasteiger partial charge < -0.3 is 28.5 Å². The molecule has 35 heavy (non-hydrogen) atoms. The Labute approximate surface area is 207 Å². The average Bonchev–Trinajstić information content (AvgIpc) is 3.32. The quantitative estimate of drug-likeness (QED) is 0.126. The highest BCUT2D eigenvalue weighted by atomic mass is 31.2. The number of allylic oxidation sites excluding steroid dienone is 1. The number of esters is 1. The molecule has 194 valence electrons. The zero-order chi connectivity index (χ0) is 26.2. The van der Waals surface area contributed by atoms with E-state index in [4.69, 9.17) is 23.6 Å². The molecule has 3 N–H and O–H groups in total. The van der Waals surface area contributed by atoms with E-state index < -0.39 is 26.4 Å². The smallest absolute Gasteiger partial charge is 0.381 e. The van der Waals surface area contributed by atoms with E-state index in [-0.39, 0.29) is 12.3 Å². The van der Waals surface area contributed by atoms with E-state index in [0.717, 1.165) is 7.11 Å². The standard InChI is InChI=1S/C22H30N3O7P.CH4O/c1-16(2)30-22(28)17(3)24-33(32-18-8-6-5-7-9-18)29-14-19-10-11-21(31-19)25(4)13-12-20(27)23-15-26;1-2/h5-9,12-17,21,24H,10-11H2,1-4H3,(H,23,26,27);2H,1H3/b13-12-,19-14+;. The summed E-state index contributed by atoms with van der Waals surface area (Å²) >= 11 is 0. The maximum atomic E-state index is 12.2. The summed E-state index contributed by atoms with van der Waals surface area (Å²) in [7, 11) is 1.04. The molecule has 0 saturated carbocycles. The highest BCUT2D eigenvalue weighted by molar-refractivity contribution is 7.45. The van der Waals surface area contributed by atoms with Crippen molar-refractivity contribution in [1.82, 2.24) is 15.3 Å². The Kier molecular flexibility index (Phi) is 14.1. The molecule has 1 heterocycles. The third-order valence-electron chi connectivity index (χ3n) is 4.26. The van der Waals surface area contributed by atoms with Crippen molar-refractivity contribution in [3.05, 3.63) is 54.6 Å². The van der Waals surface area contributed by atoms with Crippen LogP contribution in [0.15, 0.2) is 54.6 Å². The number of amides is 2. The Hall–Kier alpha value is -3.14. The highest BCUT2D eigenvalue weighted by Crippen LogP contribution is 2.38. The van der Waals surface area contributed by atoms with Crippen LogP contribution in [0.25, 0.3) is 0 Å². The van der Waals surface area contributed by atoms with Gasteiger partial charge in [-0.2, -0.15) is 0 Å². The maximum Gasteiger partial charge on any atom is 0.381 e. The highest BCUT2D eigenvalue weighted by Gasteiger charge is 2.26. The molecule has 1 aliphatic rings. The van der Waals surface area contributed by atoms with Gasteiger partial charge in [0.25, 0.3) is 5.91 Å². The molecule has 1 aromatic rings. The summed E-state index contributed by atoms with van der Waals surface area (Å²) in [5.41, 5.74) is 0. The number of benzene rings is 1. The fraction of sp³-hybridized carbons (Fsp3) is 0.435. The van der Waals surface area contributed by atoms with Gasteiger partial charge in [-0.3, -0.25) is 19.7 Å². The fourth-order valence-electron chi connectivity index (χ4n) is 2.63. The molecule has 0 aromatic heterocycles. The van der Waals surface area contributed by atoms with Crippen LogP contribution in [0, 0.1) is 0 Å². The van der Waals surface area contributed by atoms with E-state index in [1.165, 1.54) is 18.5 Å². The Balaban J connectivity index is 0.00000298. The molecule has 3 unspecified atom stereocenters. The van der Waals surface area contributed by atoms with Crippen molar-refractivity contribution in [2.24, 2.45) is 0 Å². The van der Waals surface area contributed by atoms with Gasteiger partial charge in [-0.25, -0.2) is 5.09 Å². The van der Waals surface area contributed by atoms with Gasteiger partial charge in [0, 0.05) is 39.3 Å². The van der Waals surface area contributed by atoms with Crippen LogP contribution in [0.5, 0.6) is 5.75 Å². The summed E-state index contributed by atoms with van der Waals surface area (Å²) in [4.78, 5) is 35.6. The summed E-state index contributed by atoms with van der Waals surface area (Å²) in [6.07, 6.45) is 5.32. The SMILES string of the molecule is CC(C)OC(=O)C(C)NP(O/C=C1\CCC(N(C)/C=C\C(=O)NC=O)O1)Oc1ccccc1.CO. The van der Waals surface area contributed by atoms with Crippen molar-refractivity contribution in [2.75, 3.05) is 14.2 Å². The first-order chi connectivity index (χ1) is 16.8. The Bertz CT molecular complexity index is 850. The molecular formula is C23H34N3O8P. The second-order valence-electron chi connectivity index (χ2n) is 7.41. The lowest BCUT2D eigenvalue weighted by Gasteiger charge is -2.22. The van der Waals surface area contributed by atoms with E-state index in [0.29, 0.717) is 30.8 Å². The van der Waals surface area contributed by atoms with Gasteiger partial charge >= 0.3 is 14.5 Å². The van der Waals surface area contributed by atoms with Gasteiger partial charge in [-0.15, -0.1) is 0 Å². The van der Waals surface area contributed by atoms with Gasteiger partial charge in [-0.05, 0) is 32.9 Å². The first-order valence-electron chi connectivity index (χ1n) is 10.9. The number of aliphatic hydroxyl groups excluding tert-OH is 1. The maximum absolute atomic E-state index is 12.2. The van der Waals surface area contributed by atoms with Crippen LogP contribution >= 0.6 is 8.53 Å². The van der Waals surface area contributed by atoms with Crippen LogP contribution < -0.4 is 14.9 Å². The number of nitrogens with one attached hydrogen (secondary N) is 2.